The summed E-state index contributed by atoms with van der Waals surface area (Å²) < 4.78 is 10.7. The lowest BCUT2D eigenvalue weighted by atomic mass is 9.77. The second kappa shape index (κ2) is 5.90. The summed E-state index contributed by atoms with van der Waals surface area (Å²) >= 11 is 0. The molecule has 6 heteroatoms. The Morgan fingerprint density at radius 3 is 2.32 bits per heavy atom. The first-order chi connectivity index (χ1) is 8.67. The van der Waals surface area contributed by atoms with Crippen molar-refractivity contribution in [2.45, 2.75) is 45.8 Å². The molecule has 1 aromatic rings. The molecule has 0 fully saturated rings. The van der Waals surface area contributed by atoms with E-state index in [-0.39, 0.29) is 0 Å². The van der Waals surface area contributed by atoms with Gasteiger partial charge in [-0.3, -0.25) is 0 Å². The van der Waals surface area contributed by atoms with Crippen molar-refractivity contribution in [3.05, 3.63) is 18.3 Å². The van der Waals surface area contributed by atoms with Crippen LogP contribution in [0.5, 0.6) is 5.88 Å². The molecule has 0 saturated heterocycles. The van der Waals surface area contributed by atoms with Crippen LogP contribution in [0.4, 0.5) is 0 Å². The van der Waals surface area contributed by atoms with Gasteiger partial charge in [0, 0.05) is 11.7 Å². The fourth-order valence-electron chi connectivity index (χ4n) is 1.26. The summed E-state index contributed by atoms with van der Waals surface area (Å²) in [5, 5.41) is 20.0. The van der Waals surface area contributed by atoms with E-state index in [9.17, 15) is 10.1 Å². The minimum absolute atomic E-state index is 0.500. The Kier molecular flexibility index (Phi) is 4.95. The molecule has 0 aliphatic heterocycles. The second-order valence-corrected chi connectivity index (χ2v) is 5.40. The van der Waals surface area contributed by atoms with Gasteiger partial charge in [0.05, 0.1) is 17.8 Å². The minimum atomic E-state index is -1.15. The molecule has 2 N–H and O–H groups in total. The van der Waals surface area contributed by atoms with E-state index in [1.54, 1.807) is 39.8 Å². The first-order valence-corrected chi connectivity index (χ1v) is 6.34. The van der Waals surface area contributed by atoms with Crippen LogP contribution < -0.4 is 10.2 Å². The largest absolute Gasteiger partial charge is 0.493 e. The van der Waals surface area contributed by atoms with E-state index < -0.39 is 18.3 Å². The molecular formula is C13H22BNO4. The average Bonchev–Trinajstić information content (AvgIpc) is 2.28. The molecule has 0 spiro atoms. The highest BCUT2D eigenvalue weighted by atomic mass is 16.5. The van der Waals surface area contributed by atoms with Gasteiger partial charge in [-0.2, -0.15) is 0 Å². The molecule has 0 atom stereocenters. The summed E-state index contributed by atoms with van der Waals surface area (Å²) in [6.07, 6.45) is 1.50. The molecule has 0 aliphatic rings. The van der Waals surface area contributed by atoms with E-state index in [0.717, 1.165) is 0 Å². The molecule has 0 aromatic carbocycles. The molecule has 106 valence electrons. The standard InChI is InChI=1S/C13H22BNO4/c1-6-18-11-8-7-10(9-15-11)14(17)19-13(4,5)12(2,3)16/h7-9,16-17H,6H2,1-5H3. The van der Waals surface area contributed by atoms with E-state index in [1.165, 1.54) is 6.20 Å². The van der Waals surface area contributed by atoms with Crippen molar-refractivity contribution in [1.82, 2.24) is 4.98 Å². The van der Waals surface area contributed by atoms with Crippen molar-refractivity contribution in [3.63, 3.8) is 0 Å². The summed E-state index contributed by atoms with van der Waals surface area (Å²) in [6, 6.07) is 3.35. The Morgan fingerprint density at radius 2 is 1.89 bits per heavy atom. The van der Waals surface area contributed by atoms with Crippen molar-refractivity contribution in [1.29, 1.82) is 0 Å². The van der Waals surface area contributed by atoms with Crippen LogP contribution in [0.2, 0.25) is 0 Å². The molecule has 1 rings (SSSR count). The summed E-state index contributed by atoms with van der Waals surface area (Å²) in [7, 11) is -1.15. The predicted molar refractivity (Wildman–Crippen MR) is 74.5 cm³/mol. The van der Waals surface area contributed by atoms with Gasteiger partial charge < -0.3 is 19.5 Å². The molecule has 0 bridgehead atoms. The Bertz CT molecular complexity index is 400. The van der Waals surface area contributed by atoms with E-state index in [0.29, 0.717) is 17.9 Å². The topological polar surface area (TPSA) is 71.8 Å². The molecule has 0 amide bonds. The average molecular weight is 267 g/mol. The molecule has 1 heterocycles. The van der Waals surface area contributed by atoms with E-state index >= 15 is 0 Å². The number of hydrogen-bond donors (Lipinski definition) is 2. The maximum absolute atomic E-state index is 10.0. The fraction of sp³-hybridized carbons (Fsp3) is 0.615. The van der Waals surface area contributed by atoms with E-state index in [4.69, 9.17) is 9.39 Å². The number of aromatic nitrogens is 1. The Morgan fingerprint density at radius 1 is 1.26 bits per heavy atom. The van der Waals surface area contributed by atoms with Gasteiger partial charge in [0.1, 0.15) is 0 Å². The van der Waals surface area contributed by atoms with Gasteiger partial charge in [0.25, 0.3) is 0 Å². The molecule has 1 aromatic heterocycles. The van der Waals surface area contributed by atoms with Gasteiger partial charge >= 0.3 is 7.12 Å². The predicted octanol–water partition coefficient (Wildman–Crippen LogP) is 0.734. The van der Waals surface area contributed by atoms with Crippen LogP contribution in [0.3, 0.4) is 0 Å². The van der Waals surface area contributed by atoms with Gasteiger partial charge in [-0.05, 0) is 40.7 Å². The van der Waals surface area contributed by atoms with Gasteiger partial charge in [0.2, 0.25) is 5.88 Å². The van der Waals surface area contributed by atoms with E-state index in [1.807, 2.05) is 6.92 Å². The lowest BCUT2D eigenvalue weighted by Gasteiger charge is -2.38. The van der Waals surface area contributed by atoms with Crippen molar-refractivity contribution in [3.8, 4) is 5.88 Å². The zero-order valence-corrected chi connectivity index (χ0v) is 12.2. The Balaban J connectivity index is 2.75. The molecular weight excluding hydrogens is 245 g/mol. The first-order valence-electron chi connectivity index (χ1n) is 6.34. The quantitative estimate of drug-likeness (QED) is 0.743. The van der Waals surface area contributed by atoms with Crippen LogP contribution in [0.15, 0.2) is 18.3 Å². The van der Waals surface area contributed by atoms with Crippen LogP contribution >= 0.6 is 0 Å². The van der Waals surface area contributed by atoms with Gasteiger partial charge in [0.15, 0.2) is 0 Å². The lowest BCUT2D eigenvalue weighted by Crippen LogP contribution is -2.53. The Hall–Kier alpha value is -1.11. The van der Waals surface area contributed by atoms with Crippen molar-refractivity contribution < 1.29 is 19.5 Å². The van der Waals surface area contributed by atoms with Crippen LogP contribution in [0.25, 0.3) is 0 Å². The van der Waals surface area contributed by atoms with Crippen molar-refractivity contribution in [2.75, 3.05) is 6.61 Å². The van der Waals surface area contributed by atoms with Gasteiger partial charge in [-0.1, -0.05) is 6.07 Å². The normalized spacial score (nSPS) is 12.4. The summed E-state index contributed by atoms with van der Waals surface area (Å²) in [6.45, 7) is 9.12. The van der Waals surface area contributed by atoms with Crippen molar-refractivity contribution >= 4 is 12.6 Å². The fourth-order valence-corrected chi connectivity index (χ4v) is 1.26. The zero-order valence-electron chi connectivity index (χ0n) is 12.2. The maximum Gasteiger partial charge on any atom is 0.493 e. The smallest absolute Gasteiger partial charge is 0.478 e. The number of hydrogen-bond acceptors (Lipinski definition) is 5. The number of pyridine rings is 1. The highest BCUT2D eigenvalue weighted by molar-refractivity contribution is 6.60. The SMILES string of the molecule is CCOc1ccc(B(O)OC(C)(C)C(C)(C)O)cn1. The number of ether oxygens (including phenoxy) is 1. The van der Waals surface area contributed by atoms with Crippen LogP contribution in [-0.2, 0) is 4.65 Å². The Labute approximate surface area is 114 Å². The third-order valence-electron chi connectivity index (χ3n) is 3.22. The van der Waals surface area contributed by atoms with E-state index in [2.05, 4.69) is 4.98 Å². The third-order valence-corrected chi connectivity index (χ3v) is 3.22. The molecule has 0 saturated carbocycles. The first kappa shape index (κ1) is 16.0. The third kappa shape index (κ3) is 4.19. The maximum atomic E-state index is 10.0. The summed E-state index contributed by atoms with van der Waals surface area (Å²) in [4.78, 5) is 4.06. The summed E-state index contributed by atoms with van der Waals surface area (Å²) in [5.41, 5.74) is -1.46. The molecule has 5 nitrogen and oxygen atoms in total. The lowest BCUT2D eigenvalue weighted by molar-refractivity contribution is -0.0982. The molecule has 0 unspecified atom stereocenters. The molecule has 0 aliphatic carbocycles. The number of rotatable bonds is 6. The van der Waals surface area contributed by atoms with Gasteiger partial charge in [-0.15, -0.1) is 0 Å². The van der Waals surface area contributed by atoms with Crippen molar-refractivity contribution in [2.24, 2.45) is 0 Å². The van der Waals surface area contributed by atoms with Gasteiger partial charge in [-0.25, -0.2) is 4.98 Å². The van der Waals surface area contributed by atoms with Crippen LogP contribution in [0, 0.1) is 0 Å². The van der Waals surface area contributed by atoms with Crippen LogP contribution in [-0.4, -0.2) is 40.0 Å². The molecule has 19 heavy (non-hydrogen) atoms. The molecule has 0 radical (unpaired) electrons. The zero-order chi connectivity index (χ0) is 14.7. The highest BCUT2D eigenvalue weighted by Crippen LogP contribution is 2.25. The monoisotopic (exact) mass is 267 g/mol. The summed E-state index contributed by atoms with van der Waals surface area (Å²) in [5.74, 6) is 0.500. The number of nitrogens with zero attached hydrogens (tertiary/aromatic N) is 1. The number of aliphatic hydroxyl groups is 1. The highest BCUT2D eigenvalue weighted by Gasteiger charge is 2.39. The minimum Gasteiger partial charge on any atom is -0.478 e. The second-order valence-electron chi connectivity index (χ2n) is 5.40. The van der Waals surface area contributed by atoms with Crippen LogP contribution in [0.1, 0.15) is 34.6 Å².